The van der Waals surface area contributed by atoms with Gasteiger partial charge in [-0.3, -0.25) is 9.58 Å². The summed E-state index contributed by atoms with van der Waals surface area (Å²) in [5, 5.41) is 7.38. The molecule has 2 atom stereocenters. The summed E-state index contributed by atoms with van der Waals surface area (Å²) in [5.41, 5.74) is 3.90. The van der Waals surface area contributed by atoms with Crippen LogP contribution in [0.3, 0.4) is 0 Å². The van der Waals surface area contributed by atoms with E-state index in [1.54, 1.807) is 11.1 Å². The van der Waals surface area contributed by atoms with Crippen LogP contribution in [0, 0.1) is 12.8 Å². The maximum atomic E-state index is 12.9. The maximum absolute atomic E-state index is 12.9. The Morgan fingerprint density at radius 1 is 1.34 bits per heavy atom. The summed E-state index contributed by atoms with van der Waals surface area (Å²) in [6.07, 6.45) is 9.63. The number of piperidine rings is 1. The first-order valence-corrected chi connectivity index (χ1v) is 10.1. The van der Waals surface area contributed by atoms with Crippen LogP contribution in [0.15, 0.2) is 36.9 Å². The van der Waals surface area contributed by atoms with Crippen molar-refractivity contribution in [3.05, 3.63) is 48.2 Å². The van der Waals surface area contributed by atoms with Crippen molar-refractivity contribution in [2.45, 2.75) is 25.8 Å². The number of urea groups is 1. The second-order valence-corrected chi connectivity index (χ2v) is 8.09. The second kappa shape index (κ2) is 7.87. The van der Waals surface area contributed by atoms with Gasteiger partial charge in [-0.1, -0.05) is 0 Å². The van der Waals surface area contributed by atoms with Gasteiger partial charge in [0.2, 0.25) is 0 Å². The molecular weight excluding hydrogens is 366 g/mol. The van der Waals surface area contributed by atoms with Crippen molar-refractivity contribution in [3.8, 4) is 0 Å². The number of nitrogens with zero attached hydrogens (tertiary/aromatic N) is 6. The smallest absolute Gasteiger partial charge is 0.321 e. The third-order valence-corrected chi connectivity index (χ3v) is 5.95. The van der Waals surface area contributed by atoms with Crippen molar-refractivity contribution >= 4 is 17.4 Å². The molecule has 0 bridgehead atoms. The summed E-state index contributed by atoms with van der Waals surface area (Å²) >= 11 is 0. The largest absolute Gasteiger partial charge is 0.327 e. The Morgan fingerprint density at radius 3 is 2.93 bits per heavy atom. The summed E-state index contributed by atoms with van der Waals surface area (Å²) < 4.78 is 3.88. The first-order valence-electron chi connectivity index (χ1n) is 10.1. The number of hydrogen-bond acceptors (Lipinski definition) is 4. The quantitative estimate of drug-likeness (QED) is 0.737. The van der Waals surface area contributed by atoms with E-state index in [1.807, 2.05) is 54.8 Å². The molecule has 0 spiro atoms. The molecule has 29 heavy (non-hydrogen) atoms. The molecule has 1 saturated heterocycles. The number of rotatable bonds is 4. The molecular formula is C21H29N7O. The van der Waals surface area contributed by atoms with E-state index in [9.17, 15) is 4.79 Å². The molecule has 2 amide bonds. The zero-order chi connectivity index (χ0) is 20.5. The molecule has 4 rings (SSSR count). The summed E-state index contributed by atoms with van der Waals surface area (Å²) in [7, 11) is 6.01. The monoisotopic (exact) mass is 395 g/mol. The molecule has 1 N–H and O–H groups in total. The molecule has 3 aromatic rings. The lowest BCUT2D eigenvalue weighted by Crippen LogP contribution is -2.44. The van der Waals surface area contributed by atoms with E-state index in [2.05, 4.69) is 33.4 Å². The highest BCUT2D eigenvalue weighted by Gasteiger charge is 2.33. The average Bonchev–Trinajstić information content (AvgIpc) is 3.31. The van der Waals surface area contributed by atoms with Crippen LogP contribution >= 0.6 is 0 Å². The van der Waals surface area contributed by atoms with Crippen molar-refractivity contribution < 1.29 is 4.79 Å². The SMILES string of the molecule is Cc1cc(NC(=O)N(C)C[C@@H]2CCCN(C)[C@H]2c2ccnn2C)cn2ccnc12. The number of amides is 2. The molecule has 0 unspecified atom stereocenters. The number of likely N-dealkylation sites (tertiary alicyclic amines) is 1. The number of carbonyl (C=O) groups is 1. The molecule has 1 fully saturated rings. The third kappa shape index (κ3) is 3.85. The highest BCUT2D eigenvalue weighted by molar-refractivity contribution is 5.89. The molecule has 3 aromatic heterocycles. The summed E-state index contributed by atoms with van der Waals surface area (Å²) in [6, 6.07) is 4.21. The van der Waals surface area contributed by atoms with Gasteiger partial charge in [-0.15, -0.1) is 0 Å². The summed E-state index contributed by atoms with van der Waals surface area (Å²) in [4.78, 5) is 21.4. The van der Waals surface area contributed by atoms with Gasteiger partial charge in [-0.25, -0.2) is 9.78 Å². The molecule has 8 heteroatoms. The van der Waals surface area contributed by atoms with Crippen molar-refractivity contribution in [1.29, 1.82) is 0 Å². The lowest BCUT2D eigenvalue weighted by atomic mass is 9.87. The van der Waals surface area contributed by atoms with Crippen molar-refractivity contribution in [2.24, 2.45) is 13.0 Å². The Labute approximate surface area is 171 Å². The first kappa shape index (κ1) is 19.4. The summed E-state index contributed by atoms with van der Waals surface area (Å²) in [5.74, 6) is 0.359. The van der Waals surface area contributed by atoms with E-state index in [0.717, 1.165) is 36.3 Å². The van der Waals surface area contributed by atoms with Crippen LogP contribution in [0.5, 0.6) is 0 Å². The fraction of sp³-hybridized carbons (Fsp3) is 0.476. The highest BCUT2D eigenvalue weighted by Crippen LogP contribution is 2.35. The lowest BCUT2D eigenvalue weighted by molar-refractivity contribution is 0.0960. The number of hydrogen-bond donors (Lipinski definition) is 1. The van der Waals surface area contributed by atoms with E-state index in [0.29, 0.717) is 12.5 Å². The molecule has 0 radical (unpaired) electrons. The Bertz CT molecular complexity index is 1010. The van der Waals surface area contributed by atoms with Crippen molar-refractivity contribution in [2.75, 3.05) is 32.5 Å². The van der Waals surface area contributed by atoms with Gasteiger partial charge in [-0.05, 0) is 57.0 Å². The van der Waals surface area contributed by atoms with Gasteiger partial charge >= 0.3 is 6.03 Å². The molecule has 1 aliphatic rings. The average molecular weight is 396 g/mol. The van der Waals surface area contributed by atoms with Crippen molar-refractivity contribution in [1.82, 2.24) is 29.0 Å². The Hall–Kier alpha value is -2.87. The zero-order valence-electron chi connectivity index (χ0n) is 17.5. The maximum Gasteiger partial charge on any atom is 0.321 e. The van der Waals surface area contributed by atoms with Crippen LogP contribution in [0.4, 0.5) is 10.5 Å². The van der Waals surface area contributed by atoms with Gasteiger partial charge in [-0.2, -0.15) is 5.10 Å². The molecule has 0 aliphatic carbocycles. The van der Waals surface area contributed by atoms with Gasteiger partial charge in [0.05, 0.1) is 17.4 Å². The van der Waals surface area contributed by atoms with Crippen LogP contribution < -0.4 is 5.32 Å². The number of fused-ring (bicyclic) bond motifs is 1. The first-order chi connectivity index (χ1) is 13.9. The minimum absolute atomic E-state index is 0.0964. The van der Waals surface area contributed by atoms with Gasteiger partial charge in [0.15, 0.2) is 0 Å². The predicted octanol–water partition coefficient (Wildman–Crippen LogP) is 2.92. The Kier molecular flexibility index (Phi) is 5.27. The lowest BCUT2D eigenvalue weighted by Gasteiger charge is -2.40. The second-order valence-electron chi connectivity index (χ2n) is 8.09. The number of anilines is 1. The molecule has 154 valence electrons. The van der Waals surface area contributed by atoms with Crippen LogP contribution in [-0.4, -0.2) is 62.2 Å². The standard InChI is InChI=1S/C21H29N7O/c1-15-12-17(14-28-11-9-22-20(15)28)24-21(29)26(3)13-16-6-5-10-25(2)19(16)18-7-8-23-27(18)4/h7-9,11-12,14,16,19H,5-6,10,13H2,1-4H3,(H,24,29)/t16-,19+/m0/s1. The van der Waals surface area contributed by atoms with Crippen LogP contribution in [0.2, 0.25) is 0 Å². The van der Waals surface area contributed by atoms with E-state index in [4.69, 9.17) is 0 Å². The number of aryl methyl sites for hydroxylation is 2. The highest BCUT2D eigenvalue weighted by atomic mass is 16.2. The van der Waals surface area contributed by atoms with E-state index >= 15 is 0 Å². The molecule has 0 saturated carbocycles. The van der Waals surface area contributed by atoms with Gasteiger partial charge in [0.1, 0.15) is 5.65 Å². The topological polar surface area (TPSA) is 70.7 Å². The van der Waals surface area contributed by atoms with Crippen LogP contribution in [0.25, 0.3) is 5.65 Å². The van der Waals surface area contributed by atoms with Crippen LogP contribution in [-0.2, 0) is 7.05 Å². The molecule has 4 heterocycles. The number of imidazole rings is 1. The number of carbonyl (C=O) groups excluding carboxylic acids is 1. The number of aromatic nitrogens is 4. The number of pyridine rings is 1. The molecule has 0 aromatic carbocycles. The minimum Gasteiger partial charge on any atom is -0.327 e. The van der Waals surface area contributed by atoms with Gasteiger partial charge in [0, 0.05) is 45.4 Å². The van der Waals surface area contributed by atoms with Gasteiger partial charge in [0.25, 0.3) is 0 Å². The fourth-order valence-corrected chi connectivity index (χ4v) is 4.52. The number of nitrogens with one attached hydrogen (secondary N) is 1. The third-order valence-electron chi connectivity index (χ3n) is 5.95. The molecule has 1 aliphatic heterocycles. The van der Waals surface area contributed by atoms with Crippen LogP contribution in [0.1, 0.15) is 30.1 Å². The zero-order valence-corrected chi connectivity index (χ0v) is 17.5. The van der Waals surface area contributed by atoms with E-state index in [-0.39, 0.29) is 12.1 Å². The molecule has 8 nitrogen and oxygen atoms in total. The fourth-order valence-electron chi connectivity index (χ4n) is 4.52. The normalized spacial score (nSPS) is 20.1. The Morgan fingerprint density at radius 2 is 2.17 bits per heavy atom. The Balaban J connectivity index is 1.47. The van der Waals surface area contributed by atoms with E-state index in [1.165, 1.54) is 5.69 Å². The van der Waals surface area contributed by atoms with E-state index < -0.39 is 0 Å². The predicted molar refractivity (Wildman–Crippen MR) is 113 cm³/mol. The van der Waals surface area contributed by atoms with Crippen molar-refractivity contribution in [3.63, 3.8) is 0 Å². The van der Waals surface area contributed by atoms with Gasteiger partial charge < -0.3 is 14.6 Å². The minimum atomic E-state index is -0.0964. The summed E-state index contributed by atoms with van der Waals surface area (Å²) in [6.45, 7) is 3.75.